The Morgan fingerprint density at radius 1 is 0.222 bits per heavy atom. The fraction of sp³-hybridized carbons (Fsp3) is 0.892. The summed E-state index contributed by atoms with van der Waals surface area (Å²) in [6.07, 6.45) is -0.298. The number of carboxylic acid groups (broad SMARTS) is 1. The number of carbonyl (C=O) groups is 8. The van der Waals surface area contributed by atoms with E-state index in [9.17, 15) is 38.4 Å². The lowest BCUT2D eigenvalue weighted by Crippen LogP contribution is -2.34. The van der Waals surface area contributed by atoms with Crippen LogP contribution in [-0.2, 0) is 166 Å². The van der Waals surface area contributed by atoms with Gasteiger partial charge in [-0.25, -0.2) is 0 Å². The zero-order chi connectivity index (χ0) is 86.3. The van der Waals surface area contributed by atoms with Gasteiger partial charge in [-0.15, -0.1) is 0 Å². The van der Waals surface area contributed by atoms with Crippen molar-refractivity contribution >= 4 is 47.3 Å². The number of carboxylic acids is 1. The minimum atomic E-state index is -1.00. The third-order valence-electron chi connectivity index (χ3n) is 14.0. The van der Waals surface area contributed by atoms with E-state index in [-0.39, 0.29) is 107 Å². The van der Waals surface area contributed by atoms with E-state index in [0.717, 1.165) is 0 Å². The standard InChI is InChI=1S/2C26H52N2O13.C22H41N3O10/c2*1-31-8-10-36-14-18-40-22-25(29)27-4-6-34-12-16-38-20-24(33-3)21-39-17-13-35-7-5-28-26(30)23-41-19-15-37-11-9-32-2;1-3-19(26)24-7-9-31-11-13-33-15-18(35-17-21(28)23-6-5-22(29)30)16-34-14-12-32-10-8-25-20(27)4-2/h2*24H,4-23H2,1-3H3,(H,27,29)(H,28,30);18H,3-17H2,1-2H3,(H,23,28)(H,24,26)(H,25,27)(H,29,30). The van der Waals surface area contributed by atoms with Gasteiger partial charge in [0.25, 0.3) is 0 Å². The fourth-order valence-electron chi connectivity index (χ4n) is 7.81. The molecule has 0 heterocycles. The Balaban J connectivity index is -0.00000167. The number of ether oxygens (including phenoxy) is 27. The van der Waals surface area contributed by atoms with Crippen LogP contribution < -0.4 is 37.2 Å². The van der Waals surface area contributed by atoms with Crippen LogP contribution >= 0.6 is 0 Å². The molecule has 0 aliphatic carbocycles. The van der Waals surface area contributed by atoms with Crippen molar-refractivity contribution in [2.45, 2.75) is 51.4 Å². The summed E-state index contributed by atoms with van der Waals surface area (Å²) in [6, 6.07) is 0. The van der Waals surface area contributed by atoms with Gasteiger partial charge in [-0.3, -0.25) is 38.4 Å². The number of amides is 7. The van der Waals surface area contributed by atoms with Crippen molar-refractivity contribution in [2.24, 2.45) is 0 Å². The number of aliphatic carboxylic acids is 1. The third-order valence-corrected chi connectivity index (χ3v) is 14.0. The molecule has 0 saturated heterocycles. The molecule has 0 unspecified atom stereocenters. The van der Waals surface area contributed by atoms with Crippen LogP contribution in [0, 0.1) is 0 Å². The van der Waals surface area contributed by atoms with Gasteiger partial charge in [0.2, 0.25) is 41.4 Å². The monoisotopic (exact) mass is 1710 g/mol. The van der Waals surface area contributed by atoms with E-state index >= 15 is 0 Å². The molecule has 0 aliphatic rings. The van der Waals surface area contributed by atoms with Crippen molar-refractivity contribution in [2.75, 3.05) is 386 Å². The van der Waals surface area contributed by atoms with Crippen molar-refractivity contribution in [3.8, 4) is 0 Å². The Labute approximate surface area is 690 Å². The van der Waals surface area contributed by atoms with Crippen LogP contribution in [0.3, 0.4) is 0 Å². The van der Waals surface area contributed by atoms with Crippen LogP contribution in [0.15, 0.2) is 0 Å². The molecule has 117 heavy (non-hydrogen) atoms. The molecule has 0 aromatic heterocycles. The SMILES string of the molecule is CCC(=O)NCCOCCOCC(COCCOCCNC(=O)CC)OCC(=O)NCCC(=O)O.COCCOCCOCC(=O)NCCOCCOCC(COCCOCCNC(=O)COCCOCCOC)OC.COCCOCCOCC(=O)NCCOCCOCC(COCCOCCNC(=O)COCCOCCOC)OC. The summed E-state index contributed by atoms with van der Waals surface area (Å²) in [6.45, 7) is 21.1. The second kappa shape index (κ2) is 97.8. The first-order chi connectivity index (χ1) is 57.2. The average Bonchev–Trinajstić information content (AvgIpc) is 0.978. The van der Waals surface area contributed by atoms with Crippen LogP contribution in [0.1, 0.15) is 33.1 Å². The Bertz CT molecular complexity index is 1990. The predicted molar refractivity (Wildman–Crippen MR) is 419 cm³/mol. The second-order valence-corrected chi connectivity index (χ2v) is 23.7. The molecular weight excluding hydrogens is 1560 g/mol. The molecule has 43 heteroatoms. The second-order valence-electron chi connectivity index (χ2n) is 23.7. The van der Waals surface area contributed by atoms with E-state index in [1.165, 1.54) is 0 Å². The quantitative estimate of drug-likeness (QED) is 0.0273. The summed E-state index contributed by atoms with van der Waals surface area (Å²) < 4.78 is 143. The van der Waals surface area contributed by atoms with E-state index in [4.69, 9.17) is 133 Å². The lowest BCUT2D eigenvalue weighted by molar-refractivity contribution is -0.137. The number of rotatable bonds is 90. The highest BCUT2D eigenvalue weighted by Crippen LogP contribution is 2.00. The Kier molecular flexibility index (Phi) is 96.8. The fourth-order valence-corrected chi connectivity index (χ4v) is 7.81. The van der Waals surface area contributed by atoms with Gasteiger partial charge in [0.1, 0.15) is 51.3 Å². The highest BCUT2D eigenvalue weighted by atomic mass is 16.6. The molecule has 692 valence electrons. The molecule has 7 amide bonds. The number of hydrogen-bond donors (Lipinski definition) is 8. The minimum Gasteiger partial charge on any atom is -0.481 e. The summed E-state index contributed by atoms with van der Waals surface area (Å²) in [5.41, 5.74) is 0. The maximum Gasteiger partial charge on any atom is 0.305 e. The van der Waals surface area contributed by atoms with Crippen molar-refractivity contribution in [1.82, 2.24) is 37.2 Å². The van der Waals surface area contributed by atoms with Crippen LogP contribution in [-0.4, -0.2) is 457 Å². The Morgan fingerprint density at radius 3 is 0.632 bits per heavy atom. The van der Waals surface area contributed by atoms with Crippen LogP contribution in [0.4, 0.5) is 0 Å². The van der Waals surface area contributed by atoms with Gasteiger partial charge >= 0.3 is 5.97 Å². The average molecular weight is 1710 g/mol. The van der Waals surface area contributed by atoms with Crippen LogP contribution in [0.25, 0.3) is 0 Å². The first-order valence-electron chi connectivity index (χ1n) is 39.4. The number of methoxy groups -OCH3 is 6. The molecule has 0 fully saturated rings. The molecular formula is C74H145N7O36. The predicted octanol–water partition coefficient (Wildman–Crippen LogP) is -3.60. The van der Waals surface area contributed by atoms with Crippen molar-refractivity contribution in [3.05, 3.63) is 0 Å². The molecule has 0 saturated carbocycles. The van der Waals surface area contributed by atoms with E-state index in [2.05, 4.69) is 37.2 Å². The normalized spacial score (nSPS) is 11.2. The molecule has 0 bridgehead atoms. The summed E-state index contributed by atoms with van der Waals surface area (Å²) in [5, 5.41) is 27.3. The van der Waals surface area contributed by atoms with Gasteiger partial charge in [-0.1, -0.05) is 13.8 Å². The van der Waals surface area contributed by atoms with Gasteiger partial charge in [0.15, 0.2) is 0 Å². The van der Waals surface area contributed by atoms with Crippen molar-refractivity contribution in [1.29, 1.82) is 0 Å². The number of hydrogen-bond acceptors (Lipinski definition) is 35. The number of carbonyl (C=O) groups excluding carboxylic acids is 7. The summed E-state index contributed by atoms with van der Waals surface area (Å²) in [4.78, 5) is 91.2. The Hall–Kier alpha value is -5.32. The molecule has 0 rings (SSSR count). The molecule has 0 aliphatic heterocycles. The highest BCUT2D eigenvalue weighted by molar-refractivity contribution is 5.79. The number of nitrogens with one attached hydrogen (secondary N) is 7. The van der Waals surface area contributed by atoms with E-state index in [0.29, 0.717) is 303 Å². The van der Waals surface area contributed by atoms with Crippen LogP contribution in [0.5, 0.6) is 0 Å². The van der Waals surface area contributed by atoms with E-state index < -0.39 is 18.0 Å². The topological polar surface area (TPSA) is 490 Å². The van der Waals surface area contributed by atoms with Gasteiger partial charge in [0, 0.05) is 101 Å². The first kappa shape index (κ1) is 116. The lowest BCUT2D eigenvalue weighted by Gasteiger charge is -2.18. The molecule has 0 radical (unpaired) electrons. The maximum atomic E-state index is 11.8. The Morgan fingerprint density at radius 2 is 0.410 bits per heavy atom. The zero-order valence-corrected chi connectivity index (χ0v) is 70.9. The smallest absolute Gasteiger partial charge is 0.305 e. The van der Waals surface area contributed by atoms with Crippen molar-refractivity contribution < 1.29 is 171 Å². The van der Waals surface area contributed by atoms with Gasteiger partial charge < -0.3 is 170 Å². The minimum absolute atomic E-state index is 0.0152. The summed E-state index contributed by atoms with van der Waals surface area (Å²) in [7, 11) is 9.60. The summed E-state index contributed by atoms with van der Waals surface area (Å²) >= 11 is 0. The van der Waals surface area contributed by atoms with E-state index in [1.807, 2.05) is 0 Å². The maximum absolute atomic E-state index is 11.8. The molecule has 0 atom stereocenters. The first-order valence-corrected chi connectivity index (χ1v) is 39.4. The molecule has 0 spiro atoms. The zero-order valence-electron chi connectivity index (χ0n) is 70.9. The lowest BCUT2D eigenvalue weighted by atomic mass is 10.4. The van der Waals surface area contributed by atoms with Gasteiger partial charge in [-0.05, 0) is 0 Å². The molecule has 43 nitrogen and oxygen atoms in total. The third kappa shape index (κ3) is 97.7. The molecule has 8 N–H and O–H groups in total. The summed E-state index contributed by atoms with van der Waals surface area (Å²) in [5.74, 6) is -2.35. The van der Waals surface area contributed by atoms with Crippen LogP contribution in [0.2, 0.25) is 0 Å². The van der Waals surface area contributed by atoms with Gasteiger partial charge in [-0.2, -0.15) is 0 Å². The van der Waals surface area contributed by atoms with Gasteiger partial charge in [0.05, 0.1) is 271 Å². The highest BCUT2D eigenvalue weighted by Gasteiger charge is 2.15. The van der Waals surface area contributed by atoms with E-state index in [1.54, 1.807) is 56.5 Å². The largest absolute Gasteiger partial charge is 0.481 e. The molecule has 0 aromatic carbocycles. The molecule has 0 aromatic rings. The van der Waals surface area contributed by atoms with Crippen molar-refractivity contribution in [3.63, 3.8) is 0 Å².